The lowest BCUT2D eigenvalue weighted by Crippen LogP contribution is -2.14. The van der Waals surface area contributed by atoms with E-state index in [9.17, 15) is 0 Å². The SMILES string of the molecule is [B][B][B][B]O[B]. The quantitative estimate of drug-likeness (QED) is 0.276. The van der Waals surface area contributed by atoms with Gasteiger partial charge in [0.1, 0.15) is 0 Å². The van der Waals surface area contributed by atoms with Crippen molar-refractivity contribution in [1.82, 2.24) is 0 Å². The third-order valence-electron chi connectivity index (χ3n) is 0.268. The van der Waals surface area contributed by atoms with E-state index in [1.807, 2.05) is 0 Å². The number of hydrogen-bond acceptors (Lipinski definition) is 1. The Morgan fingerprint density at radius 3 is 2.33 bits per heavy atom. The van der Waals surface area contributed by atoms with Crippen LogP contribution in [0.3, 0.4) is 0 Å². The van der Waals surface area contributed by atoms with Gasteiger partial charge in [0, 0.05) is 14.8 Å². The highest BCUT2D eigenvalue weighted by Gasteiger charge is 1.82. The molecule has 0 spiro atoms. The van der Waals surface area contributed by atoms with Gasteiger partial charge in [-0.2, -0.15) is 0 Å². The van der Waals surface area contributed by atoms with Gasteiger partial charge in [-0.25, -0.2) is 0 Å². The summed E-state index contributed by atoms with van der Waals surface area (Å²) in [4.78, 5) is 0. The lowest BCUT2D eigenvalue weighted by molar-refractivity contribution is 0.682. The molecule has 0 saturated heterocycles. The zero-order valence-corrected chi connectivity index (χ0v) is 3.29. The Labute approximate surface area is 42.8 Å². The summed E-state index contributed by atoms with van der Waals surface area (Å²) in [5.74, 6) is 0. The number of rotatable bonds is 3. The average molecular weight is 70.1 g/mol. The van der Waals surface area contributed by atoms with Crippen LogP contribution in [0.2, 0.25) is 0 Å². The second kappa shape index (κ2) is 5.28. The Balaban J connectivity index is 2.34. The molecular formula is B5O. The van der Waals surface area contributed by atoms with Gasteiger partial charge in [0.05, 0.1) is 7.06 Å². The molecule has 0 unspecified atom stereocenters. The predicted molar refractivity (Wildman–Crippen MR) is 29.9 cm³/mol. The highest BCUT2D eigenvalue weighted by Crippen LogP contribution is 1.49. The fourth-order valence-corrected chi connectivity index (χ4v) is 0.0907. The first-order valence-electron chi connectivity index (χ1n) is 1.47. The van der Waals surface area contributed by atoms with E-state index in [-0.39, 0.29) is 0 Å². The average Bonchev–Trinajstić information content (AvgIpc) is 1.61. The van der Waals surface area contributed by atoms with Gasteiger partial charge < -0.3 is 4.57 Å². The van der Waals surface area contributed by atoms with E-state index in [0.717, 1.165) is 0 Å². The van der Waals surface area contributed by atoms with Crippen molar-refractivity contribution in [1.29, 1.82) is 0 Å². The van der Waals surface area contributed by atoms with Gasteiger partial charge in [-0.3, -0.25) is 0 Å². The number of hydrogen-bond donors (Lipinski definition) is 0. The van der Waals surface area contributed by atoms with Crippen molar-refractivity contribution in [2.75, 3.05) is 0 Å². The van der Waals surface area contributed by atoms with Gasteiger partial charge in [-0.05, 0) is 0 Å². The monoisotopic (exact) mass is 71.0 g/mol. The largest absolute Gasteiger partial charge is 0.517 e. The highest BCUT2D eigenvalue weighted by molar-refractivity contribution is 7.40. The molecule has 0 aliphatic carbocycles. The van der Waals surface area contributed by atoms with E-state index in [1.54, 1.807) is 0 Å². The second-order valence-corrected chi connectivity index (χ2v) is 0.657. The Hall–Kier alpha value is 0.285. The van der Waals surface area contributed by atoms with Crippen LogP contribution >= 0.6 is 0 Å². The van der Waals surface area contributed by atoms with Crippen molar-refractivity contribution in [3.63, 3.8) is 0 Å². The van der Waals surface area contributed by atoms with E-state index in [4.69, 9.17) is 7.74 Å². The van der Waals surface area contributed by atoms with E-state index < -0.39 is 0 Å². The molecule has 0 atom stereocenters. The molecular weight excluding hydrogens is 70.1 g/mol. The molecule has 0 N–H and O–H groups in total. The molecule has 21 valence electrons. The molecule has 6 heteroatoms. The molecule has 0 rings (SSSR count). The van der Waals surface area contributed by atoms with Crippen LogP contribution in [0.25, 0.3) is 0 Å². The highest BCUT2D eigenvalue weighted by atomic mass is 16.4. The summed E-state index contributed by atoms with van der Waals surface area (Å²) >= 11 is 0. The molecule has 1 nitrogen and oxygen atoms in total. The molecule has 0 amide bonds. The molecule has 0 aromatic rings. The third kappa shape index (κ3) is 4.28. The van der Waals surface area contributed by atoms with Gasteiger partial charge in [-0.15, -0.1) is 0 Å². The summed E-state index contributed by atoms with van der Waals surface area (Å²) in [7, 11) is 13.5. The van der Waals surface area contributed by atoms with Crippen molar-refractivity contribution in [2.24, 2.45) is 0 Å². The molecule has 0 aliphatic rings. The molecule has 7 radical (unpaired) electrons. The minimum Gasteiger partial charge on any atom is -0.517 e. The maximum atomic E-state index is 4.87. The standard InChI is InChI=1S/B5O/c1-3-4-5-6-2. The fourth-order valence-electron chi connectivity index (χ4n) is 0.0907. The van der Waals surface area contributed by atoms with Crippen molar-refractivity contribution < 1.29 is 4.57 Å². The van der Waals surface area contributed by atoms with Crippen LogP contribution in [0.15, 0.2) is 0 Å². The van der Waals surface area contributed by atoms with E-state index >= 15 is 0 Å². The van der Waals surface area contributed by atoms with Gasteiger partial charge in [-0.1, -0.05) is 0 Å². The maximum absolute atomic E-state index is 4.87. The van der Waals surface area contributed by atoms with Crippen molar-refractivity contribution >= 4 is 37.3 Å². The normalized spacial score (nSPS) is 6.67. The Bertz CT molecular complexity index is 15.9. The molecule has 0 fully saturated rings. The van der Waals surface area contributed by atoms with Gasteiger partial charge in [0.2, 0.25) is 7.37 Å². The first-order valence-corrected chi connectivity index (χ1v) is 1.47. The van der Waals surface area contributed by atoms with E-state index in [1.165, 1.54) is 21.5 Å². The summed E-state index contributed by atoms with van der Waals surface area (Å²) in [6, 6.07) is 0. The lowest BCUT2D eigenvalue weighted by atomic mass is 9.17. The van der Waals surface area contributed by atoms with Crippen LogP contribution in [0.5, 0.6) is 0 Å². The van der Waals surface area contributed by atoms with Crippen molar-refractivity contribution in [3.8, 4) is 0 Å². The molecule has 0 bridgehead atoms. The van der Waals surface area contributed by atoms with Gasteiger partial charge in [0.15, 0.2) is 0 Å². The topological polar surface area (TPSA) is 9.23 Å². The van der Waals surface area contributed by atoms with Crippen molar-refractivity contribution in [2.45, 2.75) is 0 Å². The molecule has 0 heterocycles. The molecule has 0 aromatic carbocycles. The zero-order valence-electron chi connectivity index (χ0n) is 3.29. The molecule has 0 aromatic heterocycles. The van der Waals surface area contributed by atoms with Crippen LogP contribution < -0.4 is 0 Å². The van der Waals surface area contributed by atoms with Crippen LogP contribution in [-0.2, 0) is 4.57 Å². The summed E-state index contributed by atoms with van der Waals surface area (Å²) in [5.41, 5.74) is 0. The maximum Gasteiger partial charge on any atom is 0.257 e. The molecule has 0 saturated carbocycles. The van der Waals surface area contributed by atoms with Crippen LogP contribution in [0.1, 0.15) is 0 Å². The van der Waals surface area contributed by atoms with Crippen molar-refractivity contribution in [3.05, 3.63) is 0 Å². The van der Waals surface area contributed by atoms with Crippen LogP contribution in [0, 0.1) is 0 Å². The van der Waals surface area contributed by atoms with Gasteiger partial charge in [0.25, 0.3) is 8.05 Å². The third-order valence-corrected chi connectivity index (χ3v) is 0.268. The first-order chi connectivity index (χ1) is 2.91. The summed E-state index contributed by atoms with van der Waals surface area (Å²) in [5, 5.41) is 0. The van der Waals surface area contributed by atoms with Gasteiger partial charge >= 0.3 is 0 Å². The lowest BCUT2D eigenvalue weighted by Gasteiger charge is -1.85. The fraction of sp³-hybridized carbons (Fsp3) is 0. The van der Waals surface area contributed by atoms with E-state index in [0.29, 0.717) is 0 Å². The van der Waals surface area contributed by atoms with Crippen LogP contribution in [0.4, 0.5) is 0 Å². The van der Waals surface area contributed by atoms with Crippen LogP contribution in [-0.4, -0.2) is 37.3 Å². The predicted octanol–water partition coefficient (Wildman–Crippen LogP) is -1.97. The minimum absolute atomic E-state index is 1.28. The minimum atomic E-state index is 1.28. The summed E-state index contributed by atoms with van der Waals surface area (Å²) < 4.78 is 3.99. The second-order valence-electron chi connectivity index (χ2n) is 0.657. The Kier molecular flexibility index (Phi) is 5.54. The first kappa shape index (κ1) is 6.28. The Morgan fingerprint density at radius 1 is 1.50 bits per heavy atom. The Morgan fingerprint density at radius 2 is 2.17 bits per heavy atom. The zero-order chi connectivity index (χ0) is 4.83. The van der Waals surface area contributed by atoms with E-state index in [2.05, 4.69) is 12.6 Å². The summed E-state index contributed by atoms with van der Waals surface area (Å²) in [6.07, 6.45) is 0. The summed E-state index contributed by atoms with van der Waals surface area (Å²) in [6.45, 7) is 0. The smallest absolute Gasteiger partial charge is 0.257 e. The molecule has 0 aliphatic heterocycles. The molecule has 6 heavy (non-hydrogen) atoms.